The van der Waals surface area contributed by atoms with Crippen molar-refractivity contribution in [3.05, 3.63) is 102 Å². The number of imide groups is 1. The average Bonchev–Trinajstić information content (AvgIpc) is 3.13. The van der Waals surface area contributed by atoms with E-state index in [9.17, 15) is 18.9 Å². The zero-order valence-corrected chi connectivity index (χ0v) is 20.4. The van der Waals surface area contributed by atoms with Gasteiger partial charge in [0.2, 0.25) is 7.37 Å². The quantitative estimate of drug-likeness (QED) is 0.247. The maximum absolute atomic E-state index is 14.8. The molecule has 7 nitrogen and oxygen atoms in total. The number of carbonyl (C=O) groups excluding carboxylic acids is 3. The number of hydrogen-bond donors (Lipinski definition) is 0. The van der Waals surface area contributed by atoms with Gasteiger partial charge in [-0.05, 0) is 43.7 Å². The number of amides is 2. The molecule has 0 fully saturated rings. The summed E-state index contributed by atoms with van der Waals surface area (Å²) in [5.41, 5.74) is -0.329. The fourth-order valence-electron chi connectivity index (χ4n) is 4.42. The van der Waals surface area contributed by atoms with Crippen LogP contribution in [0.5, 0.6) is 0 Å². The molecular formula is C27H26NO6P. The summed E-state index contributed by atoms with van der Waals surface area (Å²) in [6, 6.07) is 22.1. The van der Waals surface area contributed by atoms with Crippen LogP contribution in [-0.2, 0) is 18.6 Å². The first-order valence-corrected chi connectivity index (χ1v) is 13.1. The van der Waals surface area contributed by atoms with Crippen LogP contribution in [0.1, 0.15) is 45.8 Å². The van der Waals surface area contributed by atoms with Crippen molar-refractivity contribution in [1.82, 2.24) is 4.90 Å². The minimum absolute atomic E-state index is 0.0181. The van der Waals surface area contributed by atoms with Crippen molar-refractivity contribution in [1.29, 1.82) is 0 Å². The Kier molecular flexibility index (Phi) is 7.29. The highest BCUT2D eigenvalue weighted by Crippen LogP contribution is 2.61. The summed E-state index contributed by atoms with van der Waals surface area (Å²) >= 11 is 0. The summed E-state index contributed by atoms with van der Waals surface area (Å²) in [7, 11) is -3.89. The molecule has 1 heterocycles. The van der Waals surface area contributed by atoms with Crippen molar-refractivity contribution in [2.75, 3.05) is 13.2 Å². The Morgan fingerprint density at radius 1 is 0.800 bits per heavy atom. The van der Waals surface area contributed by atoms with Crippen LogP contribution < -0.4 is 5.30 Å². The monoisotopic (exact) mass is 491 g/mol. The summed E-state index contributed by atoms with van der Waals surface area (Å²) < 4.78 is 26.1. The van der Waals surface area contributed by atoms with Gasteiger partial charge in [0.25, 0.3) is 11.8 Å². The molecule has 3 aromatic carbocycles. The van der Waals surface area contributed by atoms with Crippen molar-refractivity contribution in [2.45, 2.75) is 25.5 Å². The first-order chi connectivity index (χ1) is 16.9. The minimum atomic E-state index is -3.89. The van der Waals surface area contributed by atoms with Crippen molar-refractivity contribution in [3.63, 3.8) is 0 Å². The SMILES string of the molecule is CCOC(=O)C(C(c1ccccc1)P(=O)(OCC)c1ccccc1)N1C(=O)c2ccccc2C1=O. The molecule has 0 bridgehead atoms. The topological polar surface area (TPSA) is 90.0 Å². The van der Waals surface area contributed by atoms with Crippen molar-refractivity contribution in [3.8, 4) is 0 Å². The second kappa shape index (κ2) is 10.4. The van der Waals surface area contributed by atoms with E-state index in [4.69, 9.17) is 9.26 Å². The maximum atomic E-state index is 14.8. The van der Waals surface area contributed by atoms with E-state index < -0.39 is 36.9 Å². The van der Waals surface area contributed by atoms with Crippen LogP contribution in [0.2, 0.25) is 0 Å². The molecule has 3 aromatic rings. The first kappa shape index (κ1) is 24.6. The van der Waals surface area contributed by atoms with E-state index in [-0.39, 0.29) is 24.3 Å². The molecule has 180 valence electrons. The Morgan fingerprint density at radius 2 is 1.31 bits per heavy atom. The molecule has 0 radical (unpaired) electrons. The number of nitrogens with zero attached hydrogens (tertiary/aromatic N) is 1. The molecule has 0 spiro atoms. The van der Waals surface area contributed by atoms with E-state index in [1.807, 2.05) is 0 Å². The molecule has 0 saturated carbocycles. The zero-order valence-electron chi connectivity index (χ0n) is 19.5. The van der Waals surface area contributed by atoms with Gasteiger partial charge in [-0.2, -0.15) is 0 Å². The highest BCUT2D eigenvalue weighted by atomic mass is 31.2. The van der Waals surface area contributed by atoms with E-state index in [2.05, 4.69) is 0 Å². The predicted octanol–water partition coefficient (Wildman–Crippen LogP) is 4.60. The molecular weight excluding hydrogens is 465 g/mol. The van der Waals surface area contributed by atoms with Crippen LogP contribution in [0.15, 0.2) is 84.9 Å². The van der Waals surface area contributed by atoms with Crippen molar-refractivity contribution in [2.24, 2.45) is 0 Å². The lowest BCUT2D eigenvalue weighted by molar-refractivity contribution is -0.148. The van der Waals surface area contributed by atoms with Crippen LogP contribution in [0.3, 0.4) is 0 Å². The third-order valence-corrected chi connectivity index (χ3v) is 8.85. The van der Waals surface area contributed by atoms with E-state index in [0.717, 1.165) is 4.90 Å². The first-order valence-electron chi connectivity index (χ1n) is 11.4. The Bertz CT molecular complexity index is 1240. The van der Waals surface area contributed by atoms with E-state index >= 15 is 0 Å². The van der Waals surface area contributed by atoms with Crippen LogP contribution in [-0.4, -0.2) is 41.9 Å². The molecule has 2 amide bonds. The Hall–Kier alpha value is -3.54. The van der Waals surface area contributed by atoms with Gasteiger partial charge >= 0.3 is 5.97 Å². The molecule has 3 atom stereocenters. The Balaban J connectivity index is 1.97. The third-order valence-electron chi connectivity index (χ3n) is 5.88. The number of rotatable bonds is 9. The molecule has 8 heteroatoms. The lowest BCUT2D eigenvalue weighted by Gasteiger charge is -2.36. The van der Waals surface area contributed by atoms with Crippen LogP contribution in [0.4, 0.5) is 0 Å². The smallest absolute Gasteiger partial charge is 0.330 e. The van der Waals surface area contributed by atoms with Crippen LogP contribution >= 0.6 is 7.37 Å². The van der Waals surface area contributed by atoms with Crippen molar-refractivity contribution < 1.29 is 28.2 Å². The van der Waals surface area contributed by atoms with Crippen LogP contribution in [0, 0.1) is 0 Å². The lowest BCUT2D eigenvalue weighted by atomic mass is 10.0. The standard InChI is InChI=1S/C27H26NO6P/c1-3-33-27(31)23(28-25(29)21-17-11-12-18-22(21)26(28)30)24(19-13-7-5-8-14-19)35(32,34-4-2)20-15-9-6-10-16-20/h5-18,23-24H,3-4H2,1-2H3. The van der Waals surface area contributed by atoms with Gasteiger partial charge in [-0.1, -0.05) is 60.7 Å². The third kappa shape index (κ3) is 4.45. The number of hydrogen-bond acceptors (Lipinski definition) is 6. The molecule has 1 aliphatic heterocycles. The largest absolute Gasteiger partial charge is 0.464 e. The molecule has 35 heavy (non-hydrogen) atoms. The highest BCUT2D eigenvalue weighted by molar-refractivity contribution is 7.67. The van der Waals surface area contributed by atoms with Crippen LogP contribution in [0.25, 0.3) is 0 Å². The number of fused-ring (bicyclic) bond motifs is 1. The molecule has 0 N–H and O–H groups in total. The van der Waals surface area contributed by atoms with Gasteiger partial charge in [-0.3, -0.25) is 19.1 Å². The lowest BCUT2D eigenvalue weighted by Crippen LogP contribution is -2.49. The molecule has 1 aliphatic rings. The highest BCUT2D eigenvalue weighted by Gasteiger charge is 2.53. The summed E-state index contributed by atoms with van der Waals surface area (Å²) in [5, 5.41) is 0.376. The second-order valence-electron chi connectivity index (χ2n) is 7.93. The molecule has 0 saturated heterocycles. The van der Waals surface area contributed by atoms with Crippen molar-refractivity contribution >= 4 is 30.5 Å². The Morgan fingerprint density at radius 3 is 1.83 bits per heavy atom. The maximum Gasteiger partial charge on any atom is 0.330 e. The normalized spacial score (nSPS) is 16.3. The van der Waals surface area contributed by atoms with E-state index in [1.165, 1.54) is 12.1 Å². The predicted molar refractivity (Wildman–Crippen MR) is 132 cm³/mol. The summed E-state index contributed by atoms with van der Waals surface area (Å²) in [6.45, 7) is 3.45. The zero-order chi connectivity index (χ0) is 25.0. The van der Waals surface area contributed by atoms with Gasteiger partial charge in [-0.25, -0.2) is 4.79 Å². The number of carbonyl (C=O) groups is 3. The number of esters is 1. The molecule has 4 rings (SSSR count). The molecule has 3 unspecified atom stereocenters. The molecule has 0 aliphatic carbocycles. The van der Waals surface area contributed by atoms with Gasteiger partial charge in [0.05, 0.1) is 30.0 Å². The fraction of sp³-hybridized carbons (Fsp3) is 0.222. The van der Waals surface area contributed by atoms with Gasteiger partial charge in [0.15, 0.2) is 6.04 Å². The van der Waals surface area contributed by atoms with Gasteiger partial charge in [0, 0.05) is 5.30 Å². The Labute approximate surface area is 204 Å². The van der Waals surface area contributed by atoms with Gasteiger partial charge in [-0.15, -0.1) is 0 Å². The number of benzene rings is 3. The molecule has 0 aromatic heterocycles. The summed E-state index contributed by atoms with van der Waals surface area (Å²) in [4.78, 5) is 41.4. The average molecular weight is 491 g/mol. The van der Waals surface area contributed by atoms with Gasteiger partial charge in [0.1, 0.15) is 0 Å². The van der Waals surface area contributed by atoms with E-state index in [0.29, 0.717) is 10.9 Å². The summed E-state index contributed by atoms with van der Waals surface area (Å²) in [6.07, 6.45) is 0. The van der Waals surface area contributed by atoms with E-state index in [1.54, 1.807) is 86.6 Å². The fourth-order valence-corrected chi connectivity index (χ4v) is 7.21. The number of ether oxygens (including phenoxy) is 1. The second-order valence-corrected chi connectivity index (χ2v) is 10.5. The van der Waals surface area contributed by atoms with Gasteiger partial charge < -0.3 is 9.26 Å². The summed E-state index contributed by atoms with van der Waals surface area (Å²) in [5.74, 6) is -2.10. The minimum Gasteiger partial charge on any atom is -0.464 e.